The number of pyridine rings is 1. The standard InChI is InChI=1S/C26H25N3O7S/c1-36-20-5-7-21(8-6-20)37(34,35)27-22-9-10-23-19-11-16(14-29(23)25(22)31)13-28(15-19)24(30)17-3-2-4-18(12-17)26(32)33/h2-10,12,16,19,27H,11,13-15H2,1H3,(H,32,33). The van der Waals surface area contributed by atoms with Crippen LogP contribution in [-0.2, 0) is 16.6 Å². The molecule has 2 aliphatic heterocycles. The monoisotopic (exact) mass is 523 g/mol. The number of rotatable bonds is 6. The second kappa shape index (κ2) is 9.40. The van der Waals surface area contributed by atoms with E-state index < -0.39 is 21.6 Å². The molecule has 1 aromatic heterocycles. The summed E-state index contributed by atoms with van der Waals surface area (Å²) < 4.78 is 34.8. The van der Waals surface area contributed by atoms with Gasteiger partial charge in [-0.15, -0.1) is 0 Å². The molecule has 10 nitrogen and oxygen atoms in total. The third-order valence-electron chi connectivity index (χ3n) is 6.86. The van der Waals surface area contributed by atoms with Crippen molar-refractivity contribution in [2.24, 2.45) is 5.92 Å². The summed E-state index contributed by atoms with van der Waals surface area (Å²) in [5.41, 5.74) is 0.617. The highest BCUT2D eigenvalue weighted by Crippen LogP contribution is 2.36. The second-order valence-corrected chi connectivity index (χ2v) is 10.9. The van der Waals surface area contributed by atoms with Gasteiger partial charge in [0.05, 0.1) is 17.6 Å². The van der Waals surface area contributed by atoms with Crippen LogP contribution in [0.15, 0.2) is 70.4 Å². The topological polar surface area (TPSA) is 135 Å². The molecule has 1 amide bonds. The lowest BCUT2D eigenvalue weighted by molar-refractivity contribution is 0.0594. The van der Waals surface area contributed by atoms with Crippen LogP contribution in [0.2, 0.25) is 0 Å². The second-order valence-electron chi connectivity index (χ2n) is 9.26. The zero-order chi connectivity index (χ0) is 26.3. The number of carbonyl (C=O) groups excluding carboxylic acids is 1. The molecular weight excluding hydrogens is 498 g/mol. The molecule has 1 fully saturated rings. The Balaban J connectivity index is 1.38. The Morgan fingerprint density at radius 3 is 2.43 bits per heavy atom. The molecule has 192 valence electrons. The van der Waals surface area contributed by atoms with Crippen molar-refractivity contribution >= 4 is 27.6 Å². The minimum absolute atomic E-state index is 0.00371. The SMILES string of the molecule is COc1ccc(S(=O)(=O)Nc2ccc3n(c2=O)CC2CC3CN(C(=O)c3cccc(C(=O)O)c3)C2)cc1. The number of piperidine rings is 1. The molecule has 5 rings (SSSR count). The third kappa shape index (κ3) is 4.69. The molecule has 2 aromatic carbocycles. The number of aromatic carboxylic acids is 1. The Labute approximate surface area is 213 Å². The first-order valence-corrected chi connectivity index (χ1v) is 13.2. The van der Waals surface area contributed by atoms with Gasteiger partial charge in [-0.1, -0.05) is 6.07 Å². The molecule has 2 unspecified atom stereocenters. The van der Waals surface area contributed by atoms with Crippen LogP contribution in [0.4, 0.5) is 5.69 Å². The summed E-state index contributed by atoms with van der Waals surface area (Å²) in [6, 6.07) is 15.0. The number of benzene rings is 2. The highest BCUT2D eigenvalue weighted by atomic mass is 32.2. The smallest absolute Gasteiger partial charge is 0.335 e. The van der Waals surface area contributed by atoms with Crippen LogP contribution in [0, 0.1) is 5.92 Å². The number of methoxy groups -OCH3 is 1. The number of carbonyl (C=O) groups is 2. The summed E-state index contributed by atoms with van der Waals surface area (Å²) >= 11 is 0. The Morgan fingerprint density at radius 2 is 1.73 bits per heavy atom. The number of ether oxygens (including phenoxy) is 1. The summed E-state index contributed by atoms with van der Waals surface area (Å²) in [7, 11) is -2.50. The van der Waals surface area contributed by atoms with E-state index >= 15 is 0 Å². The van der Waals surface area contributed by atoms with Gasteiger partial charge in [-0.05, 0) is 66.9 Å². The van der Waals surface area contributed by atoms with Crippen molar-refractivity contribution in [1.29, 1.82) is 0 Å². The highest BCUT2D eigenvalue weighted by molar-refractivity contribution is 7.92. The van der Waals surface area contributed by atoms with Crippen LogP contribution in [0.5, 0.6) is 5.75 Å². The number of nitrogens with zero attached hydrogens (tertiary/aromatic N) is 2. The summed E-state index contributed by atoms with van der Waals surface area (Å²) in [5, 5.41) is 9.24. The molecule has 1 saturated heterocycles. The maximum atomic E-state index is 13.3. The lowest BCUT2D eigenvalue weighted by Gasteiger charge is -2.43. The van der Waals surface area contributed by atoms with Crippen LogP contribution in [0.1, 0.15) is 38.7 Å². The average Bonchev–Trinajstić information content (AvgIpc) is 2.90. The number of amides is 1. The van der Waals surface area contributed by atoms with E-state index in [2.05, 4.69) is 4.72 Å². The van der Waals surface area contributed by atoms with E-state index in [-0.39, 0.29) is 33.9 Å². The van der Waals surface area contributed by atoms with E-state index in [0.717, 1.165) is 12.1 Å². The number of carboxylic acid groups (broad SMARTS) is 1. The summed E-state index contributed by atoms with van der Waals surface area (Å²) in [4.78, 5) is 39.4. The summed E-state index contributed by atoms with van der Waals surface area (Å²) in [6.45, 7) is 1.14. The van der Waals surface area contributed by atoms with Gasteiger partial charge < -0.3 is 19.3 Å². The van der Waals surface area contributed by atoms with Gasteiger partial charge in [-0.2, -0.15) is 0 Å². The summed E-state index contributed by atoms with van der Waals surface area (Å²) in [6.07, 6.45) is 0.801. The number of likely N-dealkylation sites (tertiary alicyclic amines) is 1. The van der Waals surface area contributed by atoms with Crippen molar-refractivity contribution in [3.63, 3.8) is 0 Å². The summed E-state index contributed by atoms with van der Waals surface area (Å²) in [5.74, 6) is -0.932. The normalized spacial score (nSPS) is 18.6. The number of hydrogen-bond acceptors (Lipinski definition) is 6. The van der Waals surface area contributed by atoms with Gasteiger partial charge in [-0.3, -0.25) is 14.3 Å². The minimum atomic E-state index is -3.98. The van der Waals surface area contributed by atoms with Gasteiger partial charge in [-0.25, -0.2) is 13.2 Å². The molecule has 0 saturated carbocycles. The van der Waals surface area contributed by atoms with Crippen molar-refractivity contribution in [3.8, 4) is 5.75 Å². The molecular formula is C26H25N3O7S. The quantitative estimate of drug-likeness (QED) is 0.507. The first kappa shape index (κ1) is 24.6. The molecule has 2 atom stereocenters. The Morgan fingerprint density at radius 1 is 1.00 bits per heavy atom. The fourth-order valence-electron chi connectivity index (χ4n) is 5.12. The molecule has 3 heterocycles. The number of nitrogens with one attached hydrogen (secondary N) is 1. The molecule has 11 heteroatoms. The largest absolute Gasteiger partial charge is 0.497 e. The Kier molecular flexibility index (Phi) is 6.24. The molecule has 2 N–H and O–H groups in total. The van der Waals surface area contributed by atoms with Gasteiger partial charge >= 0.3 is 5.97 Å². The predicted molar refractivity (Wildman–Crippen MR) is 135 cm³/mol. The van der Waals surface area contributed by atoms with Crippen LogP contribution in [0.3, 0.4) is 0 Å². The number of aromatic nitrogens is 1. The van der Waals surface area contributed by atoms with Crippen LogP contribution in [0.25, 0.3) is 0 Å². The molecule has 0 aliphatic carbocycles. The Bertz CT molecular complexity index is 1550. The van der Waals surface area contributed by atoms with Crippen molar-refractivity contribution in [1.82, 2.24) is 9.47 Å². The highest BCUT2D eigenvalue weighted by Gasteiger charge is 2.37. The minimum Gasteiger partial charge on any atom is -0.497 e. The van der Waals surface area contributed by atoms with Crippen molar-refractivity contribution in [2.75, 3.05) is 24.9 Å². The fraction of sp³-hybridized carbons (Fsp3) is 0.269. The molecule has 0 spiro atoms. The number of hydrogen-bond donors (Lipinski definition) is 2. The molecule has 2 bridgehead atoms. The predicted octanol–water partition coefficient (Wildman–Crippen LogP) is 2.62. The van der Waals surface area contributed by atoms with Crippen LogP contribution in [-0.4, -0.2) is 55.1 Å². The fourth-order valence-corrected chi connectivity index (χ4v) is 6.17. The molecule has 3 aromatic rings. The first-order chi connectivity index (χ1) is 17.7. The van der Waals surface area contributed by atoms with Gasteiger partial charge in [0.25, 0.3) is 21.5 Å². The number of fused-ring (bicyclic) bond motifs is 4. The number of carboxylic acids is 1. The molecule has 37 heavy (non-hydrogen) atoms. The molecule has 2 aliphatic rings. The Hall–Kier alpha value is -4.12. The van der Waals surface area contributed by atoms with E-state index in [1.54, 1.807) is 27.7 Å². The van der Waals surface area contributed by atoms with Crippen molar-refractivity contribution in [3.05, 3.63) is 87.8 Å². The lowest BCUT2D eigenvalue weighted by atomic mass is 9.83. The van der Waals surface area contributed by atoms with Gasteiger partial charge in [0.2, 0.25) is 0 Å². The van der Waals surface area contributed by atoms with Gasteiger partial charge in [0.1, 0.15) is 11.4 Å². The first-order valence-electron chi connectivity index (χ1n) is 11.7. The van der Waals surface area contributed by atoms with Crippen LogP contribution >= 0.6 is 0 Å². The molecule has 0 radical (unpaired) electrons. The van der Waals surface area contributed by atoms with Crippen molar-refractivity contribution < 1.29 is 27.9 Å². The van der Waals surface area contributed by atoms with Crippen LogP contribution < -0.4 is 15.0 Å². The van der Waals surface area contributed by atoms with E-state index in [1.165, 1.54) is 49.6 Å². The van der Waals surface area contributed by atoms with E-state index in [9.17, 15) is 27.9 Å². The number of anilines is 1. The van der Waals surface area contributed by atoms with E-state index in [1.807, 2.05) is 0 Å². The van der Waals surface area contributed by atoms with E-state index in [0.29, 0.717) is 30.9 Å². The zero-order valence-electron chi connectivity index (χ0n) is 20.0. The van der Waals surface area contributed by atoms with Gasteiger partial charge in [0.15, 0.2) is 0 Å². The third-order valence-corrected chi connectivity index (χ3v) is 8.24. The zero-order valence-corrected chi connectivity index (χ0v) is 20.8. The van der Waals surface area contributed by atoms with Crippen molar-refractivity contribution in [2.45, 2.75) is 23.8 Å². The number of sulfonamides is 1. The van der Waals surface area contributed by atoms with E-state index in [4.69, 9.17) is 4.74 Å². The average molecular weight is 524 g/mol. The van der Waals surface area contributed by atoms with Gasteiger partial charge in [0, 0.05) is 36.8 Å². The maximum absolute atomic E-state index is 13.3. The lowest BCUT2D eigenvalue weighted by Crippen LogP contribution is -2.49. The maximum Gasteiger partial charge on any atom is 0.335 e.